The van der Waals surface area contributed by atoms with E-state index < -0.39 is 10.0 Å². The molecule has 1 saturated carbocycles. The van der Waals surface area contributed by atoms with Crippen LogP contribution < -0.4 is 10.5 Å². The summed E-state index contributed by atoms with van der Waals surface area (Å²) in [5.74, 6) is 1.38. The van der Waals surface area contributed by atoms with Gasteiger partial charge in [-0.15, -0.1) is 12.4 Å². The molecule has 7 heteroatoms. The Morgan fingerprint density at radius 3 is 2.42 bits per heavy atom. The Morgan fingerprint density at radius 1 is 1.19 bits per heavy atom. The first kappa shape index (κ1) is 21.5. The Labute approximate surface area is 163 Å². The van der Waals surface area contributed by atoms with Gasteiger partial charge in [0.15, 0.2) is 0 Å². The molecule has 0 spiro atoms. The van der Waals surface area contributed by atoms with Crippen molar-refractivity contribution in [3.63, 3.8) is 0 Å². The lowest BCUT2D eigenvalue weighted by Gasteiger charge is -2.23. The van der Waals surface area contributed by atoms with Gasteiger partial charge in [-0.3, -0.25) is 0 Å². The normalized spacial score (nSPS) is 25.0. The van der Waals surface area contributed by atoms with Crippen molar-refractivity contribution >= 4 is 22.4 Å². The molecule has 0 aromatic heterocycles. The van der Waals surface area contributed by atoms with Crippen molar-refractivity contribution in [1.82, 2.24) is 4.31 Å². The predicted molar refractivity (Wildman–Crippen MR) is 106 cm³/mol. The van der Waals surface area contributed by atoms with Crippen molar-refractivity contribution in [3.8, 4) is 5.75 Å². The van der Waals surface area contributed by atoms with Crippen LogP contribution in [0.2, 0.25) is 0 Å². The summed E-state index contributed by atoms with van der Waals surface area (Å²) in [7, 11) is -3.45. The molecule has 1 unspecified atom stereocenters. The van der Waals surface area contributed by atoms with Crippen LogP contribution in [0.25, 0.3) is 0 Å². The second kappa shape index (κ2) is 8.91. The van der Waals surface area contributed by atoms with Crippen LogP contribution in [-0.4, -0.2) is 39.0 Å². The van der Waals surface area contributed by atoms with E-state index in [2.05, 4.69) is 0 Å². The number of nitrogens with two attached hydrogens (primary N) is 1. The van der Waals surface area contributed by atoms with Gasteiger partial charge in [-0.05, 0) is 61.4 Å². The van der Waals surface area contributed by atoms with Gasteiger partial charge in [0.25, 0.3) is 0 Å². The maximum atomic E-state index is 12.8. The summed E-state index contributed by atoms with van der Waals surface area (Å²) in [4.78, 5) is 0.332. The van der Waals surface area contributed by atoms with Crippen LogP contribution in [0.3, 0.4) is 0 Å². The zero-order chi connectivity index (χ0) is 17.9. The fourth-order valence-electron chi connectivity index (χ4n) is 3.78. The molecule has 1 aliphatic carbocycles. The minimum atomic E-state index is -3.45. The van der Waals surface area contributed by atoms with Gasteiger partial charge < -0.3 is 10.5 Å². The second-order valence-corrected chi connectivity index (χ2v) is 9.83. The van der Waals surface area contributed by atoms with Crippen LogP contribution in [0.4, 0.5) is 0 Å². The van der Waals surface area contributed by atoms with E-state index in [1.165, 1.54) is 32.1 Å². The maximum Gasteiger partial charge on any atom is 0.243 e. The molecule has 0 amide bonds. The smallest absolute Gasteiger partial charge is 0.243 e. The summed E-state index contributed by atoms with van der Waals surface area (Å²) in [6.07, 6.45) is 7.21. The molecule has 1 heterocycles. The van der Waals surface area contributed by atoms with E-state index in [0.717, 1.165) is 18.8 Å². The van der Waals surface area contributed by atoms with E-state index in [1.807, 2.05) is 6.92 Å². The highest BCUT2D eigenvalue weighted by atomic mass is 35.5. The van der Waals surface area contributed by atoms with Crippen LogP contribution in [0.15, 0.2) is 29.2 Å². The highest BCUT2D eigenvalue weighted by molar-refractivity contribution is 7.89. The van der Waals surface area contributed by atoms with E-state index in [-0.39, 0.29) is 17.8 Å². The molecule has 3 rings (SSSR count). The summed E-state index contributed by atoms with van der Waals surface area (Å²) in [5.41, 5.74) is 5.67. The van der Waals surface area contributed by atoms with E-state index in [1.54, 1.807) is 28.6 Å². The molecular formula is C19H31ClN2O3S. The van der Waals surface area contributed by atoms with Gasteiger partial charge in [-0.1, -0.05) is 26.2 Å². The zero-order valence-electron chi connectivity index (χ0n) is 15.5. The van der Waals surface area contributed by atoms with Crippen molar-refractivity contribution in [2.45, 2.75) is 50.3 Å². The molecule has 1 aromatic rings. The number of sulfonamides is 1. The average molecular weight is 403 g/mol. The summed E-state index contributed by atoms with van der Waals surface area (Å²) < 4.78 is 33.0. The fraction of sp³-hybridized carbons (Fsp3) is 0.684. The van der Waals surface area contributed by atoms with E-state index in [0.29, 0.717) is 30.4 Å². The maximum absolute atomic E-state index is 12.8. The predicted octanol–water partition coefficient (Wildman–Crippen LogP) is 3.43. The lowest BCUT2D eigenvalue weighted by Crippen LogP contribution is -2.34. The monoisotopic (exact) mass is 402 g/mol. The van der Waals surface area contributed by atoms with Crippen molar-refractivity contribution in [2.24, 2.45) is 17.1 Å². The van der Waals surface area contributed by atoms with Gasteiger partial charge in [-0.2, -0.15) is 4.31 Å². The molecule has 1 saturated heterocycles. The quantitative estimate of drug-likeness (QED) is 0.791. The van der Waals surface area contributed by atoms with E-state index >= 15 is 0 Å². The van der Waals surface area contributed by atoms with Gasteiger partial charge in [-0.25, -0.2) is 8.42 Å². The number of rotatable bonds is 6. The first-order valence-corrected chi connectivity index (χ1v) is 10.8. The third kappa shape index (κ3) is 4.91. The molecule has 0 radical (unpaired) electrons. The first-order valence-electron chi connectivity index (χ1n) is 9.36. The topological polar surface area (TPSA) is 72.6 Å². The highest BCUT2D eigenvalue weighted by Gasteiger charge is 2.38. The third-order valence-electron chi connectivity index (χ3n) is 5.69. The number of halogens is 1. The number of nitrogens with zero attached hydrogens (tertiary/aromatic N) is 1. The molecule has 2 aliphatic rings. The number of benzene rings is 1. The summed E-state index contributed by atoms with van der Waals surface area (Å²) in [6.45, 7) is 4.31. The molecular weight excluding hydrogens is 372 g/mol. The Balaban J connectivity index is 0.00000243. The third-order valence-corrected chi connectivity index (χ3v) is 7.55. The second-order valence-electron chi connectivity index (χ2n) is 7.89. The zero-order valence-corrected chi connectivity index (χ0v) is 17.2. The van der Waals surface area contributed by atoms with Crippen LogP contribution in [0.1, 0.15) is 45.4 Å². The first-order chi connectivity index (χ1) is 11.9. The lowest BCUT2D eigenvalue weighted by atomic mass is 9.90. The molecule has 5 nitrogen and oxygen atoms in total. The summed E-state index contributed by atoms with van der Waals surface area (Å²) in [5, 5.41) is 0. The molecule has 1 atom stereocenters. The Bertz CT molecular complexity index is 675. The van der Waals surface area contributed by atoms with Gasteiger partial charge >= 0.3 is 0 Å². The van der Waals surface area contributed by atoms with Gasteiger partial charge in [0, 0.05) is 13.1 Å². The van der Waals surface area contributed by atoms with E-state index in [4.69, 9.17) is 10.5 Å². The molecule has 1 aliphatic heterocycles. The Morgan fingerprint density at radius 2 is 1.85 bits per heavy atom. The van der Waals surface area contributed by atoms with E-state index in [9.17, 15) is 8.42 Å². The highest BCUT2D eigenvalue weighted by Crippen LogP contribution is 2.33. The number of ether oxygens (including phenoxy) is 1. The Hall–Kier alpha value is -0.820. The number of hydrogen-bond donors (Lipinski definition) is 1. The molecule has 26 heavy (non-hydrogen) atoms. The fourth-order valence-corrected chi connectivity index (χ4v) is 5.37. The van der Waals surface area contributed by atoms with Gasteiger partial charge in [0.1, 0.15) is 5.75 Å². The largest absolute Gasteiger partial charge is 0.493 e. The molecule has 0 bridgehead atoms. The van der Waals surface area contributed by atoms with Crippen LogP contribution in [0, 0.1) is 11.3 Å². The van der Waals surface area contributed by atoms with Gasteiger partial charge in [0.05, 0.1) is 11.5 Å². The SMILES string of the molecule is CC1(CN)CCN(S(=O)(=O)c2ccc(OCC3CCCCC3)cc2)C1.Cl. The molecule has 1 aromatic carbocycles. The molecule has 148 valence electrons. The minimum absolute atomic E-state index is 0. The molecule has 2 fully saturated rings. The number of hydrogen-bond acceptors (Lipinski definition) is 4. The lowest BCUT2D eigenvalue weighted by molar-refractivity contribution is 0.208. The average Bonchev–Trinajstić information content (AvgIpc) is 3.05. The van der Waals surface area contributed by atoms with Crippen molar-refractivity contribution in [1.29, 1.82) is 0 Å². The van der Waals surface area contributed by atoms with Crippen LogP contribution >= 0.6 is 12.4 Å². The Kier molecular flexibility index (Phi) is 7.36. The van der Waals surface area contributed by atoms with Crippen molar-refractivity contribution in [3.05, 3.63) is 24.3 Å². The van der Waals surface area contributed by atoms with Crippen molar-refractivity contribution < 1.29 is 13.2 Å². The van der Waals surface area contributed by atoms with Gasteiger partial charge in [0.2, 0.25) is 10.0 Å². The van der Waals surface area contributed by atoms with Crippen molar-refractivity contribution in [2.75, 3.05) is 26.2 Å². The minimum Gasteiger partial charge on any atom is -0.493 e. The summed E-state index contributed by atoms with van der Waals surface area (Å²) in [6, 6.07) is 6.86. The standard InChI is InChI=1S/C19H30N2O3S.ClH/c1-19(14-20)11-12-21(15-19)25(22,23)18-9-7-17(8-10-18)24-13-16-5-3-2-4-6-16;/h7-10,16H,2-6,11-15,20H2,1H3;1H. The summed E-state index contributed by atoms with van der Waals surface area (Å²) >= 11 is 0. The van der Waals surface area contributed by atoms with Crippen LogP contribution in [0.5, 0.6) is 5.75 Å². The van der Waals surface area contributed by atoms with Crippen LogP contribution in [-0.2, 0) is 10.0 Å². The molecule has 2 N–H and O–H groups in total.